The van der Waals surface area contributed by atoms with Crippen molar-refractivity contribution in [3.05, 3.63) is 58.9 Å². The van der Waals surface area contributed by atoms with Crippen LogP contribution in [0.4, 0.5) is 5.69 Å². The minimum Gasteiger partial charge on any atom is -0.429 e. The van der Waals surface area contributed by atoms with Crippen LogP contribution in [0, 0.1) is 11.8 Å². The van der Waals surface area contributed by atoms with Gasteiger partial charge in [0.15, 0.2) is 5.58 Å². The lowest BCUT2D eigenvalue weighted by molar-refractivity contribution is -0.132. The number of carbonyl (C=O) groups excluding carboxylic acids is 1. The predicted molar refractivity (Wildman–Crippen MR) is 114 cm³/mol. The number of anilines is 1. The van der Waals surface area contributed by atoms with Crippen molar-refractivity contribution in [1.82, 2.24) is 9.47 Å². The molecule has 0 saturated carbocycles. The van der Waals surface area contributed by atoms with Gasteiger partial charge in [0.05, 0.1) is 5.52 Å². The van der Waals surface area contributed by atoms with Gasteiger partial charge in [0.25, 0.3) is 4.84 Å². The summed E-state index contributed by atoms with van der Waals surface area (Å²) in [4.78, 5) is 17.6. The van der Waals surface area contributed by atoms with Gasteiger partial charge in [0.1, 0.15) is 0 Å². The number of carbonyl (C=O) groups is 1. The van der Waals surface area contributed by atoms with Gasteiger partial charge in [-0.1, -0.05) is 24.3 Å². The topological polar surface area (TPSA) is 41.6 Å². The molecule has 1 amide bonds. The number of oxazole rings is 1. The quantitative estimate of drug-likeness (QED) is 0.614. The van der Waals surface area contributed by atoms with E-state index >= 15 is 0 Å². The van der Waals surface area contributed by atoms with E-state index in [-0.39, 0.29) is 11.9 Å². The molecule has 0 spiro atoms. The molecule has 1 aliphatic heterocycles. The van der Waals surface area contributed by atoms with E-state index < -0.39 is 0 Å². The van der Waals surface area contributed by atoms with E-state index in [1.165, 1.54) is 11.3 Å². The molecule has 1 aliphatic rings. The van der Waals surface area contributed by atoms with Crippen LogP contribution >= 0.6 is 12.2 Å². The number of hydrogen-bond acceptors (Lipinski definition) is 4. The third kappa shape index (κ3) is 3.69. The molecule has 4 rings (SSSR count). The van der Waals surface area contributed by atoms with E-state index in [0.717, 1.165) is 30.7 Å². The van der Waals surface area contributed by atoms with Crippen molar-refractivity contribution in [2.75, 3.05) is 24.5 Å². The van der Waals surface area contributed by atoms with Crippen molar-refractivity contribution in [2.45, 2.75) is 32.9 Å². The van der Waals surface area contributed by atoms with E-state index in [9.17, 15) is 4.79 Å². The zero-order valence-corrected chi connectivity index (χ0v) is 17.1. The lowest BCUT2D eigenvalue weighted by atomic mass is 10.1. The van der Waals surface area contributed by atoms with Gasteiger partial charge in [0.2, 0.25) is 5.91 Å². The fraction of sp³-hybridized carbons (Fsp3) is 0.364. The molecule has 1 saturated heterocycles. The maximum atomic E-state index is 12.8. The van der Waals surface area contributed by atoms with Crippen molar-refractivity contribution in [2.24, 2.45) is 0 Å². The van der Waals surface area contributed by atoms with Gasteiger partial charge in [0, 0.05) is 44.3 Å². The molecule has 1 atom stereocenters. The van der Waals surface area contributed by atoms with Crippen molar-refractivity contribution < 1.29 is 9.21 Å². The molecular formula is C22H25N3O2S. The van der Waals surface area contributed by atoms with Crippen LogP contribution in [-0.4, -0.2) is 41.1 Å². The van der Waals surface area contributed by atoms with Gasteiger partial charge in [-0.2, -0.15) is 0 Å². The Labute approximate surface area is 170 Å². The molecule has 2 aromatic carbocycles. The summed E-state index contributed by atoms with van der Waals surface area (Å²) in [6, 6.07) is 16.6. The van der Waals surface area contributed by atoms with Crippen molar-refractivity contribution in [3.63, 3.8) is 0 Å². The summed E-state index contributed by atoms with van der Waals surface area (Å²) in [7, 11) is 0. The van der Waals surface area contributed by atoms with Crippen LogP contribution in [0.3, 0.4) is 0 Å². The first-order valence-electron chi connectivity index (χ1n) is 9.72. The number of fused-ring (bicyclic) bond motifs is 1. The van der Waals surface area contributed by atoms with Gasteiger partial charge in [-0.05, 0) is 55.9 Å². The molecule has 0 N–H and O–H groups in total. The number of benzene rings is 2. The molecule has 6 heteroatoms. The fourth-order valence-electron chi connectivity index (χ4n) is 3.97. The lowest BCUT2D eigenvalue weighted by Crippen LogP contribution is -2.53. The first kappa shape index (κ1) is 18.7. The van der Waals surface area contributed by atoms with E-state index in [2.05, 4.69) is 43.0 Å². The standard InChI is InChI=1S/C22H25N3O2S/c1-16-6-5-7-18(14-16)24-13-12-23(15-17(24)2)21(26)10-11-25-19-8-3-4-9-20(19)27-22(25)28/h3-9,14,17H,10-13,15H2,1-2H3. The molecule has 3 aromatic rings. The second-order valence-corrected chi connectivity index (χ2v) is 7.81. The van der Waals surface area contributed by atoms with Gasteiger partial charge in [-0.25, -0.2) is 0 Å². The third-order valence-electron chi connectivity index (χ3n) is 5.44. The Hall–Kier alpha value is -2.60. The zero-order chi connectivity index (χ0) is 19.7. The van der Waals surface area contributed by atoms with Gasteiger partial charge < -0.3 is 14.2 Å². The number of rotatable bonds is 4. The minimum absolute atomic E-state index is 0.169. The minimum atomic E-state index is 0.169. The summed E-state index contributed by atoms with van der Waals surface area (Å²) in [6.07, 6.45) is 0.426. The smallest absolute Gasteiger partial charge is 0.269 e. The summed E-state index contributed by atoms with van der Waals surface area (Å²) < 4.78 is 7.52. The third-order valence-corrected chi connectivity index (χ3v) is 5.74. The van der Waals surface area contributed by atoms with E-state index in [4.69, 9.17) is 16.6 Å². The summed E-state index contributed by atoms with van der Waals surface area (Å²) in [5, 5.41) is 0. The van der Waals surface area contributed by atoms with Gasteiger partial charge >= 0.3 is 0 Å². The van der Waals surface area contributed by atoms with E-state index in [1.54, 1.807) is 0 Å². The van der Waals surface area contributed by atoms with E-state index in [1.807, 2.05) is 33.7 Å². The molecular weight excluding hydrogens is 370 g/mol. The number of piperazine rings is 1. The molecule has 1 aromatic heterocycles. The fourth-order valence-corrected chi connectivity index (χ4v) is 4.25. The number of amides is 1. The Morgan fingerprint density at radius 1 is 1.18 bits per heavy atom. The molecule has 0 radical (unpaired) electrons. The van der Waals surface area contributed by atoms with Crippen molar-refractivity contribution >= 4 is 34.9 Å². The first-order chi connectivity index (χ1) is 13.5. The highest BCUT2D eigenvalue weighted by atomic mass is 32.1. The van der Waals surface area contributed by atoms with Crippen LogP contribution in [0.2, 0.25) is 0 Å². The molecule has 1 fully saturated rings. The second-order valence-electron chi connectivity index (χ2n) is 7.46. The molecule has 0 aliphatic carbocycles. The summed E-state index contributed by atoms with van der Waals surface area (Å²) in [5.41, 5.74) is 4.20. The van der Waals surface area contributed by atoms with Gasteiger partial charge in [-0.3, -0.25) is 9.36 Å². The highest BCUT2D eigenvalue weighted by Crippen LogP contribution is 2.22. The zero-order valence-electron chi connectivity index (χ0n) is 16.3. The SMILES string of the molecule is Cc1cccc(N2CCN(C(=O)CCn3c(=S)oc4ccccc43)CC2C)c1. The van der Waals surface area contributed by atoms with Crippen LogP contribution in [0.5, 0.6) is 0 Å². The average Bonchev–Trinajstić information content (AvgIpc) is 3.01. The van der Waals surface area contributed by atoms with Crippen LogP contribution in [0.25, 0.3) is 11.1 Å². The van der Waals surface area contributed by atoms with E-state index in [0.29, 0.717) is 17.8 Å². The number of aryl methyl sites for hydroxylation is 2. The molecule has 2 heterocycles. The Balaban J connectivity index is 1.40. The maximum absolute atomic E-state index is 12.8. The maximum Gasteiger partial charge on any atom is 0.269 e. The number of aromatic nitrogens is 1. The van der Waals surface area contributed by atoms with Crippen LogP contribution in [0.1, 0.15) is 18.9 Å². The molecule has 28 heavy (non-hydrogen) atoms. The summed E-state index contributed by atoms with van der Waals surface area (Å²) >= 11 is 5.32. The Morgan fingerprint density at radius 2 is 2.00 bits per heavy atom. The average molecular weight is 396 g/mol. The largest absolute Gasteiger partial charge is 0.429 e. The highest BCUT2D eigenvalue weighted by Gasteiger charge is 2.26. The highest BCUT2D eigenvalue weighted by molar-refractivity contribution is 7.71. The second kappa shape index (κ2) is 7.80. The van der Waals surface area contributed by atoms with Gasteiger partial charge in [-0.15, -0.1) is 0 Å². The lowest BCUT2D eigenvalue weighted by Gasteiger charge is -2.41. The summed E-state index contributed by atoms with van der Waals surface area (Å²) in [6.45, 7) is 7.17. The predicted octanol–water partition coefficient (Wildman–Crippen LogP) is 4.40. The molecule has 0 bridgehead atoms. The Morgan fingerprint density at radius 3 is 2.79 bits per heavy atom. The number of hydrogen-bond donors (Lipinski definition) is 0. The molecule has 1 unspecified atom stereocenters. The molecule has 146 valence electrons. The normalized spacial score (nSPS) is 17.3. The monoisotopic (exact) mass is 395 g/mol. The Kier molecular flexibility index (Phi) is 5.22. The Bertz CT molecular complexity index is 1060. The molecule has 5 nitrogen and oxygen atoms in total. The van der Waals surface area contributed by atoms with Crippen LogP contribution < -0.4 is 4.90 Å². The number of nitrogens with zero attached hydrogens (tertiary/aromatic N) is 3. The van der Waals surface area contributed by atoms with Crippen molar-refractivity contribution in [3.8, 4) is 0 Å². The summed E-state index contributed by atoms with van der Waals surface area (Å²) in [5.74, 6) is 0.169. The first-order valence-corrected chi connectivity index (χ1v) is 10.1. The number of para-hydroxylation sites is 2. The van der Waals surface area contributed by atoms with Crippen molar-refractivity contribution in [1.29, 1.82) is 0 Å². The van der Waals surface area contributed by atoms with Crippen LogP contribution in [0.15, 0.2) is 52.9 Å². The van der Waals surface area contributed by atoms with Crippen LogP contribution in [-0.2, 0) is 11.3 Å².